The largest absolute Gasteiger partial charge is 0.496 e. The van der Waals surface area contributed by atoms with Gasteiger partial charge in [0.05, 0.1) is 22.3 Å². The average molecular weight is 361 g/mol. The summed E-state index contributed by atoms with van der Waals surface area (Å²) in [7, 11) is 1.64. The SMILES string of the molecule is COc1ccc(Cl)cc1CNc1cccc(Cl)c1Br. The summed E-state index contributed by atoms with van der Waals surface area (Å²) in [5.74, 6) is 0.801. The first-order chi connectivity index (χ1) is 9.11. The maximum Gasteiger partial charge on any atom is 0.123 e. The van der Waals surface area contributed by atoms with Crippen LogP contribution < -0.4 is 10.1 Å². The van der Waals surface area contributed by atoms with Gasteiger partial charge < -0.3 is 10.1 Å². The van der Waals surface area contributed by atoms with E-state index in [0.29, 0.717) is 16.6 Å². The van der Waals surface area contributed by atoms with Crippen LogP contribution >= 0.6 is 39.1 Å². The Bertz CT molecular complexity index is 590. The third-order valence-electron chi connectivity index (χ3n) is 2.66. The smallest absolute Gasteiger partial charge is 0.123 e. The second-order valence-electron chi connectivity index (χ2n) is 3.91. The second kappa shape index (κ2) is 6.51. The zero-order valence-corrected chi connectivity index (χ0v) is 13.3. The normalized spacial score (nSPS) is 10.3. The van der Waals surface area contributed by atoms with Gasteiger partial charge in [-0.25, -0.2) is 0 Å². The Hall–Kier alpha value is -0.900. The summed E-state index contributed by atoms with van der Waals surface area (Å²) in [6, 6.07) is 11.2. The van der Waals surface area contributed by atoms with Gasteiger partial charge in [-0.05, 0) is 46.3 Å². The van der Waals surface area contributed by atoms with Crippen molar-refractivity contribution in [3.05, 3.63) is 56.5 Å². The van der Waals surface area contributed by atoms with Gasteiger partial charge in [-0.3, -0.25) is 0 Å². The maximum absolute atomic E-state index is 6.05. The molecule has 0 aromatic heterocycles. The van der Waals surface area contributed by atoms with Gasteiger partial charge in [0.15, 0.2) is 0 Å². The van der Waals surface area contributed by atoms with E-state index in [2.05, 4.69) is 21.2 Å². The molecule has 2 rings (SSSR count). The minimum Gasteiger partial charge on any atom is -0.496 e. The third-order valence-corrected chi connectivity index (χ3v) is 4.30. The molecule has 2 aromatic rings. The molecule has 2 aromatic carbocycles. The van der Waals surface area contributed by atoms with Crippen LogP contribution in [-0.2, 0) is 6.54 Å². The van der Waals surface area contributed by atoms with Crippen molar-refractivity contribution in [3.8, 4) is 5.75 Å². The molecule has 1 N–H and O–H groups in total. The fourth-order valence-corrected chi connectivity index (χ4v) is 2.49. The summed E-state index contributed by atoms with van der Waals surface area (Å²) in [6.07, 6.45) is 0. The van der Waals surface area contributed by atoms with E-state index in [1.807, 2.05) is 30.3 Å². The van der Waals surface area contributed by atoms with Crippen LogP contribution in [-0.4, -0.2) is 7.11 Å². The lowest BCUT2D eigenvalue weighted by Gasteiger charge is -2.12. The Kier molecular flexibility index (Phi) is 4.97. The number of halogens is 3. The quantitative estimate of drug-likeness (QED) is 0.790. The van der Waals surface area contributed by atoms with Gasteiger partial charge in [0, 0.05) is 17.1 Å². The summed E-state index contributed by atoms with van der Waals surface area (Å²) < 4.78 is 6.15. The van der Waals surface area contributed by atoms with Crippen LogP contribution in [0.15, 0.2) is 40.9 Å². The van der Waals surface area contributed by atoms with E-state index in [-0.39, 0.29) is 0 Å². The molecule has 0 amide bonds. The molecule has 0 unspecified atom stereocenters. The van der Waals surface area contributed by atoms with Crippen molar-refractivity contribution in [2.24, 2.45) is 0 Å². The molecule has 0 aliphatic rings. The van der Waals surface area contributed by atoms with Gasteiger partial charge >= 0.3 is 0 Å². The number of ether oxygens (including phenoxy) is 1. The Morgan fingerprint density at radius 1 is 1.21 bits per heavy atom. The zero-order valence-electron chi connectivity index (χ0n) is 10.2. The standard InChI is InChI=1S/C14H12BrCl2NO/c1-19-13-6-5-10(16)7-9(13)8-18-12-4-2-3-11(17)14(12)15/h2-7,18H,8H2,1H3. The molecule has 0 fully saturated rings. The van der Waals surface area contributed by atoms with Gasteiger partial charge in [-0.15, -0.1) is 0 Å². The number of benzene rings is 2. The lowest BCUT2D eigenvalue weighted by atomic mass is 10.2. The molecule has 100 valence electrons. The highest BCUT2D eigenvalue weighted by Crippen LogP contribution is 2.31. The highest BCUT2D eigenvalue weighted by molar-refractivity contribution is 9.10. The highest BCUT2D eigenvalue weighted by atomic mass is 79.9. The molecule has 2 nitrogen and oxygen atoms in total. The van der Waals surface area contributed by atoms with E-state index in [4.69, 9.17) is 27.9 Å². The number of rotatable bonds is 4. The Labute approximate surface area is 130 Å². The monoisotopic (exact) mass is 359 g/mol. The van der Waals surface area contributed by atoms with Crippen molar-refractivity contribution in [1.82, 2.24) is 0 Å². The number of nitrogens with one attached hydrogen (secondary N) is 1. The predicted octanol–water partition coefficient (Wildman–Crippen LogP) is 5.38. The Morgan fingerprint density at radius 3 is 2.74 bits per heavy atom. The fourth-order valence-electron chi connectivity index (χ4n) is 1.72. The molecule has 0 atom stereocenters. The Balaban J connectivity index is 2.18. The molecule has 0 radical (unpaired) electrons. The summed E-state index contributed by atoms with van der Waals surface area (Å²) in [5.41, 5.74) is 1.91. The molecule has 5 heteroatoms. The summed E-state index contributed by atoms with van der Waals surface area (Å²) in [6.45, 7) is 0.600. The van der Waals surface area contributed by atoms with Gasteiger partial charge in [-0.2, -0.15) is 0 Å². The van der Waals surface area contributed by atoms with Crippen LogP contribution in [0.4, 0.5) is 5.69 Å². The van der Waals surface area contributed by atoms with Crippen molar-refractivity contribution in [3.63, 3.8) is 0 Å². The topological polar surface area (TPSA) is 21.3 Å². The van der Waals surface area contributed by atoms with Crippen LogP contribution in [0.25, 0.3) is 0 Å². The van der Waals surface area contributed by atoms with Crippen molar-refractivity contribution >= 4 is 44.8 Å². The number of hydrogen-bond acceptors (Lipinski definition) is 2. The zero-order chi connectivity index (χ0) is 13.8. The number of anilines is 1. The van der Waals surface area contributed by atoms with Crippen LogP contribution in [0, 0.1) is 0 Å². The molecule has 0 spiro atoms. The first kappa shape index (κ1) is 14.5. The molecule has 19 heavy (non-hydrogen) atoms. The van der Waals surface area contributed by atoms with Gasteiger partial charge in [0.2, 0.25) is 0 Å². The fraction of sp³-hybridized carbons (Fsp3) is 0.143. The van der Waals surface area contributed by atoms with E-state index >= 15 is 0 Å². The van der Waals surface area contributed by atoms with Gasteiger partial charge in [-0.1, -0.05) is 29.3 Å². The van der Waals surface area contributed by atoms with Crippen LogP contribution in [0.1, 0.15) is 5.56 Å². The van der Waals surface area contributed by atoms with Crippen molar-refractivity contribution in [2.45, 2.75) is 6.54 Å². The molecular formula is C14H12BrCl2NO. The Morgan fingerprint density at radius 2 is 2.00 bits per heavy atom. The van der Waals surface area contributed by atoms with Gasteiger partial charge in [0.25, 0.3) is 0 Å². The first-order valence-electron chi connectivity index (χ1n) is 5.62. The number of hydrogen-bond donors (Lipinski definition) is 1. The minimum absolute atomic E-state index is 0.600. The van der Waals surface area contributed by atoms with E-state index < -0.39 is 0 Å². The maximum atomic E-state index is 6.05. The van der Waals surface area contributed by atoms with Crippen molar-refractivity contribution in [1.29, 1.82) is 0 Å². The molecule has 0 bridgehead atoms. The third kappa shape index (κ3) is 3.56. The molecule has 0 saturated carbocycles. The average Bonchev–Trinajstić information content (AvgIpc) is 2.40. The van der Waals surface area contributed by atoms with Crippen LogP contribution in [0.3, 0.4) is 0 Å². The van der Waals surface area contributed by atoms with Crippen LogP contribution in [0.2, 0.25) is 10.0 Å². The highest BCUT2D eigenvalue weighted by Gasteiger charge is 2.06. The van der Waals surface area contributed by atoms with E-state index in [0.717, 1.165) is 21.5 Å². The first-order valence-corrected chi connectivity index (χ1v) is 7.17. The summed E-state index contributed by atoms with van der Waals surface area (Å²) in [4.78, 5) is 0. The predicted molar refractivity (Wildman–Crippen MR) is 84.5 cm³/mol. The second-order valence-corrected chi connectivity index (χ2v) is 5.55. The van der Waals surface area contributed by atoms with E-state index in [1.54, 1.807) is 13.2 Å². The molecule has 0 saturated heterocycles. The van der Waals surface area contributed by atoms with Crippen LogP contribution in [0.5, 0.6) is 5.75 Å². The summed E-state index contributed by atoms with van der Waals surface area (Å²) in [5, 5.41) is 4.65. The van der Waals surface area contributed by atoms with Crippen molar-refractivity contribution < 1.29 is 4.74 Å². The van der Waals surface area contributed by atoms with E-state index in [1.165, 1.54) is 0 Å². The molecule has 0 aliphatic carbocycles. The molecule has 0 aliphatic heterocycles. The minimum atomic E-state index is 0.600. The van der Waals surface area contributed by atoms with E-state index in [9.17, 15) is 0 Å². The lowest BCUT2D eigenvalue weighted by molar-refractivity contribution is 0.410. The van der Waals surface area contributed by atoms with Gasteiger partial charge in [0.1, 0.15) is 5.75 Å². The van der Waals surface area contributed by atoms with Crippen molar-refractivity contribution in [2.75, 3.05) is 12.4 Å². The summed E-state index contributed by atoms with van der Waals surface area (Å²) >= 11 is 15.5. The molecule has 0 heterocycles. The lowest BCUT2D eigenvalue weighted by Crippen LogP contribution is -2.02. The number of methoxy groups -OCH3 is 1. The molecular weight excluding hydrogens is 349 g/mol.